The second-order valence-corrected chi connectivity index (χ2v) is 7.36. The molecule has 3 heterocycles. The number of hydrogen-bond donors (Lipinski definition) is 0. The molecule has 3 aromatic rings. The van der Waals surface area contributed by atoms with E-state index in [-0.39, 0.29) is 11.8 Å². The summed E-state index contributed by atoms with van der Waals surface area (Å²) in [6.45, 7) is 1.50. The van der Waals surface area contributed by atoms with Gasteiger partial charge in [0, 0.05) is 31.6 Å². The van der Waals surface area contributed by atoms with Gasteiger partial charge >= 0.3 is 0 Å². The molecular weight excluding hydrogens is 368 g/mol. The maximum Gasteiger partial charge on any atom is 0.222 e. The molecule has 7 heteroatoms. The van der Waals surface area contributed by atoms with Crippen LogP contribution in [0.15, 0.2) is 42.6 Å². The van der Waals surface area contributed by atoms with Gasteiger partial charge in [-0.1, -0.05) is 12.1 Å². The first-order valence-corrected chi connectivity index (χ1v) is 9.98. The first-order valence-electron chi connectivity index (χ1n) is 9.98. The van der Waals surface area contributed by atoms with Crippen molar-refractivity contribution in [2.75, 3.05) is 27.3 Å². The first kappa shape index (κ1) is 19.2. The summed E-state index contributed by atoms with van der Waals surface area (Å²) >= 11 is 0. The number of nitrogens with zero attached hydrogens (tertiary/aromatic N) is 4. The van der Waals surface area contributed by atoms with Gasteiger partial charge < -0.3 is 14.4 Å². The van der Waals surface area contributed by atoms with E-state index in [1.807, 2.05) is 51.9 Å². The Bertz CT molecular complexity index is 1000. The lowest BCUT2D eigenvalue weighted by Gasteiger charge is -2.32. The Morgan fingerprint density at radius 1 is 1.14 bits per heavy atom. The van der Waals surface area contributed by atoms with E-state index >= 15 is 0 Å². The average molecular weight is 394 g/mol. The smallest absolute Gasteiger partial charge is 0.222 e. The van der Waals surface area contributed by atoms with Gasteiger partial charge in [-0.05, 0) is 49.1 Å². The van der Waals surface area contributed by atoms with Crippen molar-refractivity contribution in [2.45, 2.75) is 31.6 Å². The molecule has 2 aromatic heterocycles. The van der Waals surface area contributed by atoms with Crippen LogP contribution in [0.1, 0.15) is 36.6 Å². The van der Waals surface area contributed by atoms with E-state index < -0.39 is 0 Å². The molecule has 29 heavy (non-hydrogen) atoms. The summed E-state index contributed by atoms with van der Waals surface area (Å²) in [6.07, 6.45) is 5.14. The Morgan fingerprint density at radius 2 is 2.00 bits per heavy atom. The molecule has 4 rings (SSSR count). The van der Waals surface area contributed by atoms with Crippen LogP contribution in [-0.4, -0.2) is 52.7 Å². The second-order valence-electron chi connectivity index (χ2n) is 7.36. The van der Waals surface area contributed by atoms with Crippen molar-refractivity contribution in [3.05, 3.63) is 54.0 Å². The van der Waals surface area contributed by atoms with Gasteiger partial charge in [-0.3, -0.25) is 9.20 Å². The van der Waals surface area contributed by atoms with Gasteiger partial charge in [-0.2, -0.15) is 0 Å². The molecule has 1 amide bonds. The maximum atomic E-state index is 12.9. The summed E-state index contributed by atoms with van der Waals surface area (Å²) in [4.78, 5) is 14.8. The number of pyridine rings is 1. The van der Waals surface area contributed by atoms with Crippen molar-refractivity contribution in [3.8, 4) is 11.5 Å². The Labute approximate surface area is 170 Å². The van der Waals surface area contributed by atoms with Crippen LogP contribution >= 0.6 is 0 Å². The number of aryl methyl sites for hydroxylation is 1. The molecule has 0 saturated carbocycles. The van der Waals surface area contributed by atoms with Crippen molar-refractivity contribution >= 4 is 11.6 Å². The van der Waals surface area contributed by atoms with Gasteiger partial charge in [0.2, 0.25) is 5.91 Å². The molecule has 0 N–H and O–H groups in total. The van der Waals surface area contributed by atoms with Gasteiger partial charge in [0.15, 0.2) is 17.1 Å². The molecular formula is C22H26N4O3. The number of ether oxygens (including phenoxy) is 2. The topological polar surface area (TPSA) is 69.0 Å². The van der Waals surface area contributed by atoms with Gasteiger partial charge in [-0.25, -0.2) is 0 Å². The van der Waals surface area contributed by atoms with E-state index in [1.54, 1.807) is 14.2 Å². The fourth-order valence-electron chi connectivity index (χ4n) is 4.00. The largest absolute Gasteiger partial charge is 0.493 e. The molecule has 1 aliphatic rings. The molecule has 0 bridgehead atoms. The zero-order valence-corrected chi connectivity index (χ0v) is 16.9. The van der Waals surface area contributed by atoms with E-state index in [4.69, 9.17) is 9.47 Å². The molecule has 7 nitrogen and oxygen atoms in total. The monoisotopic (exact) mass is 394 g/mol. The number of likely N-dealkylation sites (tertiary alicyclic amines) is 1. The highest BCUT2D eigenvalue weighted by molar-refractivity contribution is 5.76. The Morgan fingerprint density at radius 3 is 2.83 bits per heavy atom. The highest BCUT2D eigenvalue weighted by atomic mass is 16.5. The predicted molar refractivity (Wildman–Crippen MR) is 109 cm³/mol. The van der Waals surface area contributed by atoms with Crippen LogP contribution in [0.25, 0.3) is 5.65 Å². The van der Waals surface area contributed by atoms with E-state index in [2.05, 4.69) is 10.2 Å². The SMILES string of the molecule is COc1ccc(CCC(=O)N2CCCC(c3nnc4ccccn34)C2)cc1OC. The normalized spacial score (nSPS) is 16.8. The van der Waals surface area contributed by atoms with Crippen molar-refractivity contribution in [1.82, 2.24) is 19.5 Å². The highest BCUT2D eigenvalue weighted by Crippen LogP contribution is 2.29. The number of carbonyl (C=O) groups is 1. The summed E-state index contributed by atoms with van der Waals surface area (Å²) in [5.74, 6) is 2.72. The summed E-state index contributed by atoms with van der Waals surface area (Å²) in [7, 11) is 3.24. The van der Waals surface area contributed by atoms with E-state index in [0.717, 1.165) is 36.4 Å². The van der Waals surface area contributed by atoms with Gasteiger partial charge in [-0.15, -0.1) is 10.2 Å². The molecule has 1 saturated heterocycles. The molecule has 1 atom stereocenters. The van der Waals surface area contributed by atoms with Crippen LogP contribution in [-0.2, 0) is 11.2 Å². The van der Waals surface area contributed by atoms with Crippen LogP contribution in [0.2, 0.25) is 0 Å². The van der Waals surface area contributed by atoms with Gasteiger partial charge in [0.1, 0.15) is 5.82 Å². The van der Waals surface area contributed by atoms with Gasteiger partial charge in [0.05, 0.1) is 14.2 Å². The maximum absolute atomic E-state index is 12.9. The number of aromatic nitrogens is 3. The number of rotatable bonds is 6. The van der Waals surface area contributed by atoms with Gasteiger partial charge in [0.25, 0.3) is 0 Å². The van der Waals surface area contributed by atoms with Crippen LogP contribution in [0, 0.1) is 0 Å². The minimum atomic E-state index is 0.179. The average Bonchev–Trinajstić information content (AvgIpc) is 3.21. The molecule has 1 aromatic carbocycles. The third-order valence-electron chi connectivity index (χ3n) is 5.55. The number of benzene rings is 1. The number of hydrogen-bond acceptors (Lipinski definition) is 5. The lowest BCUT2D eigenvalue weighted by molar-refractivity contribution is -0.132. The summed E-state index contributed by atoms with van der Waals surface area (Å²) < 4.78 is 12.7. The third kappa shape index (κ3) is 4.04. The zero-order valence-electron chi connectivity index (χ0n) is 16.9. The van der Waals surface area contributed by atoms with Crippen molar-refractivity contribution < 1.29 is 14.3 Å². The molecule has 0 spiro atoms. The number of carbonyl (C=O) groups excluding carboxylic acids is 1. The van der Waals surface area contributed by atoms with Crippen molar-refractivity contribution in [3.63, 3.8) is 0 Å². The minimum Gasteiger partial charge on any atom is -0.493 e. The first-order chi connectivity index (χ1) is 14.2. The van der Waals surface area contributed by atoms with Crippen molar-refractivity contribution in [2.24, 2.45) is 0 Å². The third-order valence-corrected chi connectivity index (χ3v) is 5.55. The Balaban J connectivity index is 1.40. The molecule has 1 fully saturated rings. The molecule has 1 unspecified atom stereocenters. The second kappa shape index (κ2) is 8.51. The van der Waals surface area contributed by atoms with Crippen LogP contribution in [0.5, 0.6) is 11.5 Å². The summed E-state index contributed by atoms with van der Waals surface area (Å²) in [5.41, 5.74) is 1.91. The molecule has 0 aliphatic carbocycles. The van der Waals surface area contributed by atoms with Crippen molar-refractivity contribution in [1.29, 1.82) is 0 Å². The lowest BCUT2D eigenvalue weighted by atomic mass is 9.96. The predicted octanol–water partition coefficient (Wildman–Crippen LogP) is 3.09. The minimum absolute atomic E-state index is 0.179. The molecule has 152 valence electrons. The van der Waals surface area contributed by atoms with Crippen LogP contribution < -0.4 is 9.47 Å². The fraction of sp³-hybridized carbons (Fsp3) is 0.409. The van der Waals surface area contributed by atoms with E-state index in [1.165, 1.54) is 0 Å². The quantitative estimate of drug-likeness (QED) is 0.643. The number of fused-ring (bicyclic) bond motifs is 1. The number of methoxy groups -OCH3 is 2. The zero-order chi connectivity index (χ0) is 20.2. The van der Waals surface area contributed by atoms with Crippen LogP contribution in [0.4, 0.5) is 0 Å². The Hall–Kier alpha value is -3.09. The van der Waals surface area contributed by atoms with Crippen LogP contribution in [0.3, 0.4) is 0 Å². The van der Waals surface area contributed by atoms with E-state index in [0.29, 0.717) is 30.9 Å². The summed E-state index contributed by atoms with van der Waals surface area (Å²) in [6, 6.07) is 11.7. The number of piperidine rings is 1. The summed E-state index contributed by atoms with van der Waals surface area (Å²) in [5, 5.41) is 8.65. The molecule has 1 aliphatic heterocycles. The molecule has 0 radical (unpaired) electrons. The number of amides is 1. The fourth-order valence-corrected chi connectivity index (χ4v) is 4.00. The Kier molecular flexibility index (Phi) is 5.64. The standard InChI is InChI=1S/C22H26N4O3/c1-28-18-10-8-16(14-19(18)29-2)9-11-21(27)25-12-5-6-17(15-25)22-24-23-20-7-3-4-13-26(20)22/h3-4,7-8,10,13-14,17H,5-6,9,11-12,15H2,1-2H3. The van der Waals surface area contributed by atoms with E-state index in [9.17, 15) is 4.79 Å². The highest BCUT2D eigenvalue weighted by Gasteiger charge is 2.27. The lowest BCUT2D eigenvalue weighted by Crippen LogP contribution is -2.39.